The van der Waals surface area contributed by atoms with Crippen LogP contribution >= 0.6 is 0 Å². The molecule has 5 aromatic carbocycles. The Morgan fingerprint density at radius 1 is 0.702 bits per heavy atom. The Hall–Kier alpha value is -9.09. The summed E-state index contributed by atoms with van der Waals surface area (Å²) in [4.78, 5) is 84.5. The van der Waals surface area contributed by atoms with Gasteiger partial charge in [-0.25, -0.2) is 14.4 Å². The maximum absolute atomic E-state index is 15.2. The number of aliphatic hydroxyl groups excluding tert-OH is 2. The zero-order chi connectivity index (χ0) is 68.1. The van der Waals surface area contributed by atoms with Gasteiger partial charge in [0.15, 0.2) is 24.2 Å². The third kappa shape index (κ3) is 15.9. The number of Topliss-reactive ketones (excluding diaryl/α,β-unsaturated/α-hetero) is 1. The van der Waals surface area contributed by atoms with Gasteiger partial charge in [0, 0.05) is 67.7 Å². The minimum Gasteiger partial charge on any atom is -0.507 e. The molecule has 5 bridgehead atoms. The lowest BCUT2D eigenvalue weighted by atomic mass is 9.78. The second-order valence-corrected chi connectivity index (χ2v) is 24.3. The van der Waals surface area contributed by atoms with Gasteiger partial charge in [0.25, 0.3) is 11.7 Å². The minimum absolute atomic E-state index is 0.0146. The zero-order valence-corrected chi connectivity index (χ0v) is 54.6. The Morgan fingerprint density at radius 2 is 1.29 bits per heavy atom. The van der Waals surface area contributed by atoms with Crippen LogP contribution in [-0.2, 0) is 42.7 Å². The van der Waals surface area contributed by atoms with E-state index in [0.717, 1.165) is 38.2 Å². The number of nitrogens with one attached hydrogen (secondary N) is 1. The Bertz CT molecular complexity index is 3650. The first kappa shape index (κ1) is 70.8. The molecule has 13 atom stereocenters. The third-order valence-corrected chi connectivity index (χ3v) is 17.6. The molecule has 13 unspecified atom stereocenters. The molecule has 22 nitrogen and oxygen atoms in total. The van der Waals surface area contributed by atoms with Crippen LogP contribution in [0.4, 0.5) is 5.69 Å². The van der Waals surface area contributed by atoms with Crippen molar-refractivity contribution in [1.82, 2.24) is 5.01 Å². The number of anilines is 1. The molecule has 4 aliphatic heterocycles. The van der Waals surface area contributed by atoms with E-state index in [1.165, 1.54) is 82.3 Å². The average Bonchev–Trinajstić information content (AvgIpc) is 1.46. The van der Waals surface area contributed by atoms with E-state index in [9.17, 15) is 49.5 Å². The number of methoxy groups -OCH3 is 1. The van der Waals surface area contributed by atoms with E-state index in [1.54, 1.807) is 101 Å². The molecule has 1 saturated heterocycles. The summed E-state index contributed by atoms with van der Waals surface area (Å²) in [5, 5.41) is 69.3. The van der Waals surface area contributed by atoms with Crippen LogP contribution in [0.3, 0.4) is 0 Å². The summed E-state index contributed by atoms with van der Waals surface area (Å²) in [6, 6.07) is 24.2. The molecule has 0 spiro atoms. The van der Waals surface area contributed by atoms with Gasteiger partial charge >= 0.3 is 29.7 Å². The number of fused-ring (bicyclic) bond motifs is 14. The number of benzene rings is 5. The lowest BCUT2D eigenvalue weighted by Gasteiger charge is -2.38. The number of phenols is 3. The van der Waals surface area contributed by atoms with Gasteiger partial charge in [-0.2, -0.15) is 5.10 Å². The van der Waals surface area contributed by atoms with Crippen LogP contribution in [0, 0.1) is 30.6 Å². The molecule has 6 N–H and O–H groups in total. The van der Waals surface area contributed by atoms with Crippen LogP contribution in [0.1, 0.15) is 146 Å². The fourth-order valence-corrected chi connectivity index (χ4v) is 12.0. The molecule has 22 heteroatoms. The van der Waals surface area contributed by atoms with Crippen molar-refractivity contribution < 1.29 is 92.2 Å². The van der Waals surface area contributed by atoms with Gasteiger partial charge in [-0.3, -0.25) is 19.4 Å². The number of hydrazone groups is 1. The highest BCUT2D eigenvalue weighted by Crippen LogP contribution is 2.55. The number of phenolic OH excluding ortho intramolecular Hbond substituents is 3. The molecule has 1 amide bonds. The van der Waals surface area contributed by atoms with Gasteiger partial charge in [-0.1, -0.05) is 140 Å². The summed E-state index contributed by atoms with van der Waals surface area (Å²) in [6.45, 7) is 13.7. The van der Waals surface area contributed by atoms with Crippen LogP contribution in [0.25, 0.3) is 10.8 Å². The molecule has 9 rings (SSSR count). The molecule has 4 aliphatic rings. The molecule has 94 heavy (non-hydrogen) atoms. The standard InChI is InChI=1S/C72H85N3O19/c1-11-12-13-14-15-25-36-75(68-65(93-71(86)49-33-23-18-24-34-49)64(92-70(85)48-31-21-17-22-32-48)52(91-68)39-88-69(84)47-29-19-16-20-30-47)73-38-50-56-61(81)54-53(60(50)80)55-63(45(7)59(54)79)94-72(9,66(55)82)89-37-35-51(87-10)42(4)62(90-46(8)76)44(6)58(78)43(5)57(77)40(2)27-26-28-41(3)67(83)74-56/h16-24,26-35,37-38,40,42-44,51-52,57-58,62,64-65,68,77-81H,11-15,25,36,39H2,1-10H3,(H,74,83)/b27-26+,37-35+,41-28?,73-38+. The molecule has 4 heterocycles. The number of carbonyl (C=O) groups excluding carboxylic acids is 6. The minimum atomic E-state index is -2.23. The molecule has 0 saturated carbocycles. The van der Waals surface area contributed by atoms with Crippen molar-refractivity contribution in [3.05, 3.63) is 161 Å². The van der Waals surface area contributed by atoms with Gasteiger partial charge in [0.1, 0.15) is 36.1 Å². The summed E-state index contributed by atoms with van der Waals surface area (Å²) in [6.07, 6.45) is 2.83. The Balaban J connectivity index is 1.31. The van der Waals surface area contributed by atoms with E-state index in [-0.39, 0.29) is 45.7 Å². The summed E-state index contributed by atoms with van der Waals surface area (Å²) >= 11 is 0. The van der Waals surface area contributed by atoms with E-state index >= 15 is 4.79 Å². The molecule has 0 aliphatic carbocycles. The zero-order valence-electron chi connectivity index (χ0n) is 54.6. The number of hydrogen-bond acceptors (Lipinski definition) is 21. The monoisotopic (exact) mass is 1300 g/mol. The fourth-order valence-electron chi connectivity index (χ4n) is 12.0. The van der Waals surface area contributed by atoms with Gasteiger partial charge in [0.2, 0.25) is 0 Å². The van der Waals surface area contributed by atoms with Gasteiger partial charge in [0.05, 0.1) is 69.7 Å². The van der Waals surface area contributed by atoms with Crippen molar-refractivity contribution in [2.75, 3.05) is 25.6 Å². The maximum atomic E-state index is 15.2. The van der Waals surface area contributed by atoms with Crippen molar-refractivity contribution in [3.63, 3.8) is 0 Å². The van der Waals surface area contributed by atoms with Crippen molar-refractivity contribution in [2.24, 2.45) is 28.8 Å². The highest BCUT2D eigenvalue weighted by atomic mass is 16.7. The summed E-state index contributed by atoms with van der Waals surface area (Å²) in [5.41, 5.74) is -0.837. The second kappa shape index (κ2) is 31.7. The normalized spacial score (nSPS) is 26.4. The van der Waals surface area contributed by atoms with Crippen LogP contribution in [0.15, 0.2) is 132 Å². The number of carbonyl (C=O) groups is 6. The number of rotatable bonds is 19. The number of aromatic hydroxyl groups is 3. The predicted octanol–water partition coefficient (Wildman–Crippen LogP) is 10.8. The summed E-state index contributed by atoms with van der Waals surface area (Å²) in [7, 11) is 1.40. The van der Waals surface area contributed by atoms with Gasteiger partial charge in [-0.15, -0.1) is 0 Å². The highest BCUT2D eigenvalue weighted by molar-refractivity contribution is 6.24. The summed E-state index contributed by atoms with van der Waals surface area (Å²) in [5.74, 6) is -12.4. The lowest BCUT2D eigenvalue weighted by molar-refractivity contribution is -0.160. The van der Waals surface area contributed by atoms with Gasteiger partial charge < -0.3 is 68.7 Å². The number of amides is 1. The largest absolute Gasteiger partial charge is 0.507 e. The number of nitrogens with zero attached hydrogens (tertiary/aromatic N) is 2. The topological polar surface area (TPSA) is 305 Å². The molecule has 502 valence electrons. The number of allylic oxidation sites excluding steroid dienone is 2. The van der Waals surface area contributed by atoms with E-state index < -0.39 is 160 Å². The van der Waals surface area contributed by atoms with Gasteiger partial charge in [-0.05, 0) is 62.7 Å². The van der Waals surface area contributed by atoms with Crippen molar-refractivity contribution in [2.45, 2.75) is 156 Å². The number of unbranched alkanes of at least 4 members (excludes halogenated alkanes) is 5. The Kier molecular flexibility index (Phi) is 23.9. The maximum Gasteiger partial charge on any atom is 0.338 e. The average molecular weight is 1300 g/mol. The first-order valence-corrected chi connectivity index (χ1v) is 31.7. The number of ether oxygens (including phenoxy) is 8. The smallest absolute Gasteiger partial charge is 0.338 e. The second-order valence-electron chi connectivity index (χ2n) is 24.3. The van der Waals surface area contributed by atoms with E-state index in [1.807, 2.05) is 0 Å². The fraction of sp³-hybridized carbons (Fsp3) is 0.431. The number of esters is 4. The highest BCUT2D eigenvalue weighted by Gasteiger charge is 2.54. The van der Waals surface area contributed by atoms with E-state index in [0.29, 0.717) is 12.8 Å². The molecular formula is C72H85N3O19. The Labute approximate surface area is 546 Å². The quantitative estimate of drug-likeness (QED) is 0.00851. The molecular weight excluding hydrogens is 1210 g/mol. The van der Waals surface area contributed by atoms with Crippen LogP contribution < -0.4 is 10.1 Å². The first-order chi connectivity index (χ1) is 44.9. The van der Waals surface area contributed by atoms with Crippen LogP contribution in [-0.4, -0.2) is 147 Å². The van der Waals surface area contributed by atoms with Crippen LogP contribution in [0.5, 0.6) is 23.0 Å². The molecule has 0 aromatic heterocycles. The lowest BCUT2D eigenvalue weighted by Crippen LogP contribution is -2.46. The number of ketones is 1. The third-order valence-electron chi connectivity index (χ3n) is 17.6. The molecule has 1 fully saturated rings. The summed E-state index contributed by atoms with van der Waals surface area (Å²) < 4.78 is 49.3. The van der Waals surface area contributed by atoms with E-state index in [4.69, 9.17) is 43.0 Å². The molecule has 5 aromatic rings. The van der Waals surface area contributed by atoms with Crippen molar-refractivity contribution in [1.29, 1.82) is 0 Å². The first-order valence-electron chi connectivity index (χ1n) is 31.7. The molecule has 0 radical (unpaired) electrons. The Morgan fingerprint density at radius 3 is 1.88 bits per heavy atom. The van der Waals surface area contributed by atoms with E-state index in [2.05, 4.69) is 12.2 Å². The number of hydrogen-bond donors (Lipinski definition) is 6. The van der Waals surface area contributed by atoms with Crippen LogP contribution in [0.2, 0.25) is 0 Å². The number of aliphatic hydroxyl groups is 2. The van der Waals surface area contributed by atoms with Crippen molar-refractivity contribution >= 4 is 58.2 Å². The van der Waals surface area contributed by atoms with Crippen molar-refractivity contribution in [3.8, 4) is 23.0 Å². The SMILES string of the molecule is CCCCCCCCN(/N=C/c1c2c(O)c3c(O)c(C)c4c(c3c1O)C(=O)C(C)(O/C=C/C(OC)C(C)C(OC(C)=O)C(C)C(O)C(C)C(O)C(C)/C=C/C=C(C)C(=O)N2)O4)C1OC(COC(=O)c2ccccc2)C(OC(=O)c2ccccc2)C1OC(=O)c1ccccc1. The predicted molar refractivity (Wildman–Crippen MR) is 348 cm³/mol.